The fourth-order valence-electron chi connectivity index (χ4n) is 2.53. The highest BCUT2D eigenvalue weighted by Gasteiger charge is 2.48. The van der Waals surface area contributed by atoms with E-state index in [0.29, 0.717) is 0 Å². The van der Waals surface area contributed by atoms with Gasteiger partial charge in [0.15, 0.2) is 0 Å². The van der Waals surface area contributed by atoms with Gasteiger partial charge in [-0.05, 0) is 18.6 Å². The van der Waals surface area contributed by atoms with E-state index in [1.54, 1.807) is 30.9 Å². The number of imide groups is 1. The molecule has 1 atom stereocenters. The molecule has 0 spiro atoms. The number of hydrogen-bond donors (Lipinski definition) is 1. The maximum atomic E-state index is 12.7. The minimum Gasteiger partial charge on any atom is -0.319 e. The van der Waals surface area contributed by atoms with Gasteiger partial charge in [-0.25, -0.2) is 4.79 Å². The normalized spacial score (nSPS) is 21.7. The lowest BCUT2D eigenvalue weighted by molar-refractivity contribution is -0.131. The summed E-state index contributed by atoms with van der Waals surface area (Å²) in [5.41, 5.74) is 0.559. The Bertz CT molecular complexity index is 695. The average Bonchev–Trinajstić information content (AvgIpc) is 2.98. The molecule has 6 heteroatoms. The number of hydrogen-bond acceptors (Lipinski definition) is 3. The number of aryl methyl sites for hydroxylation is 1. The van der Waals surface area contributed by atoms with Crippen LogP contribution >= 0.6 is 0 Å². The van der Waals surface area contributed by atoms with Crippen molar-refractivity contribution < 1.29 is 9.59 Å². The number of nitrogens with one attached hydrogen (secondary N) is 1. The number of carbonyl (C=O) groups excluding carboxylic acids is 2. The van der Waals surface area contributed by atoms with Crippen molar-refractivity contribution >= 4 is 11.9 Å². The van der Waals surface area contributed by atoms with Crippen molar-refractivity contribution in [3.8, 4) is 0 Å². The zero-order valence-electron chi connectivity index (χ0n) is 11.9. The summed E-state index contributed by atoms with van der Waals surface area (Å²) in [6.07, 6.45) is 1.64. The predicted octanol–water partition coefficient (Wildman–Crippen LogP) is 1.39. The number of amides is 3. The lowest BCUT2D eigenvalue weighted by Gasteiger charge is -2.22. The molecule has 2 heterocycles. The largest absolute Gasteiger partial charge is 0.325 e. The number of aromatic nitrogens is 2. The summed E-state index contributed by atoms with van der Waals surface area (Å²) in [6, 6.07) is 10.7. The summed E-state index contributed by atoms with van der Waals surface area (Å²) >= 11 is 0. The lowest BCUT2D eigenvalue weighted by atomic mass is 9.92. The summed E-state index contributed by atoms with van der Waals surface area (Å²) in [6.45, 7) is 1.94. The first-order valence-electron chi connectivity index (χ1n) is 6.69. The molecule has 108 valence electrons. The van der Waals surface area contributed by atoms with Crippen molar-refractivity contribution in [2.24, 2.45) is 7.05 Å². The molecule has 0 saturated carbocycles. The first kappa shape index (κ1) is 13.4. The summed E-state index contributed by atoms with van der Waals surface area (Å²) in [5, 5.41) is 6.84. The molecular weight excluding hydrogens is 268 g/mol. The standard InChI is InChI=1S/C15H16N4O2/c1-15(11-6-4-3-5-7-11)13(20)19(14(21)17-15)10-12-8-9-16-18(12)2/h3-9H,10H2,1-2H3,(H,17,21). The van der Waals surface area contributed by atoms with E-state index in [2.05, 4.69) is 10.4 Å². The molecule has 1 N–H and O–H groups in total. The molecule has 1 aromatic heterocycles. The van der Waals surface area contributed by atoms with Crippen LogP contribution < -0.4 is 5.32 Å². The van der Waals surface area contributed by atoms with E-state index < -0.39 is 5.54 Å². The van der Waals surface area contributed by atoms with E-state index in [0.717, 1.165) is 11.3 Å². The van der Waals surface area contributed by atoms with Crippen LogP contribution in [0.5, 0.6) is 0 Å². The van der Waals surface area contributed by atoms with Gasteiger partial charge in [0.25, 0.3) is 5.91 Å². The van der Waals surface area contributed by atoms with Crippen LogP contribution in [0.4, 0.5) is 4.79 Å². The van der Waals surface area contributed by atoms with Crippen molar-refractivity contribution in [3.63, 3.8) is 0 Å². The Labute approximate surface area is 122 Å². The first-order chi connectivity index (χ1) is 10.0. The Morgan fingerprint density at radius 3 is 2.52 bits per heavy atom. The van der Waals surface area contributed by atoms with Crippen LogP contribution in [0, 0.1) is 0 Å². The van der Waals surface area contributed by atoms with Crippen LogP contribution in [0.15, 0.2) is 42.6 Å². The molecule has 21 heavy (non-hydrogen) atoms. The Hall–Kier alpha value is -2.63. The van der Waals surface area contributed by atoms with Crippen LogP contribution in [0.2, 0.25) is 0 Å². The van der Waals surface area contributed by atoms with E-state index in [1.165, 1.54) is 4.90 Å². The summed E-state index contributed by atoms with van der Waals surface area (Å²) in [7, 11) is 1.78. The monoisotopic (exact) mass is 284 g/mol. The maximum Gasteiger partial charge on any atom is 0.325 e. The summed E-state index contributed by atoms with van der Waals surface area (Å²) < 4.78 is 1.65. The van der Waals surface area contributed by atoms with Crippen LogP contribution in [-0.2, 0) is 23.9 Å². The van der Waals surface area contributed by atoms with Gasteiger partial charge in [-0.15, -0.1) is 0 Å². The minimum absolute atomic E-state index is 0.212. The number of benzene rings is 1. The second-order valence-electron chi connectivity index (χ2n) is 5.26. The highest BCUT2D eigenvalue weighted by Crippen LogP contribution is 2.29. The molecule has 1 aromatic carbocycles. The van der Waals surface area contributed by atoms with Gasteiger partial charge >= 0.3 is 6.03 Å². The van der Waals surface area contributed by atoms with Gasteiger partial charge in [-0.1, -0.05) is 30.3 Å². The first-order valence-corrected chi connectivity index (χ1v) is 6.69. The van der Waals surface area contributed by atoms with Gasteiger partial charge in [0.2, 0.25) is 0 Å². The van der Waals surface area contributed by atoms with E-state index in [1.807, 2.05) is 30.3 Å². The molecular formula is C15H16N4O2. The maximum absolute atomic E-state index is 12.7. The molecule has 1 aliphatic heterocycles. The molecule has 1 unspecified atom stereocenters. The van der Waals surface area contributed by atoms with Gasteiger partial charge in [0.05, 0.1) is 12.2 Å². The predicted molar refractivity (Wildman–Crippen MR) is 76.1 cm³/mol. The SMILES string of the molecule is Cn1nccc1CN1C(=O)NC(C)(c2ccccc2)C1=O. The van der Waals surface area contributed by atoms with E-state index in [4.69, 9.17) is 0 Å². The van der Waals surface area contributed by atoms with Gasteiger partial charge in [-0.3, -0.25) is 14.4 Å². The quantitative estimate of drug-likeness (QED) is 0.866. The molecule has 6 nitrogen and oxygen atoms in total. The van der Waals surface area contributed by atoms with Crippen molar-refractivity contribution in [1.82, 2.24) is 20.0 Å². The lowest BCUT2D eigenvalue weighted by Crippen LogP contribution is -2.40. The van der Waals surface area contributed by atoms with Gasteiger partial charge < -0.3 is 5.32 Å². The highest BCUT2D eigenvalue weighted by molar-refractivity contribution is 6.07. The second-order valence-corrected chi connectivity index (χ2v) is 5.26. The van der Waals surface area contributed by atoms with Crippen LogP contribution in [-0.4, -0.2) is 26.6 Å². The average molecular weight is 284 g/mol. The van der Waals surface area contributed by atoms with Gasteiger partial charge in [0.1, 0.15) is 5.54 Å². The minimum atomic E-state index is -1.02. The zero-order chi connectivity index (χ0) is 15.0. The van der Waals surface area contributed by atoms with E-state index >= 15 is 0 Å². The van der Waals surface area contributed by atoms with Crippen molar-refractivity contribution in [3.05, 3.63) is 53.9 Å². The third kappa shape index (κ3) is 2.08. The number of rotatable bonds is 3. The molecule has 1 saturated heterocycles. The number of carbonyl (C=O) groups is 2. The fourth-order valence-corrected chi connectivity index (χ4v) is 2.53. The topological polar surface area (TPSA) is 67.2 Å². The number of urea groups is 1. The second kappa shape index (κ2) is 4.73. The molecule has 1 aliphatic rings. The molecule has 0 radical (unpaired) electrons. The van der Waals surface area contributed by atoms with Gasteiger partial charge in [0, 0.05) is 13.2 Å². The van der Waals surface area contributed by atoms with Crippen molar-refractivity contribution in [2.45, 2.75) is 19.0 Å². The molecule has 3 rings (SSSR count). The third-order valence-corrected chi connectivity index (χ3v) is 3.87. The van der Waals surface area contributed by atoms with E-state index in [9.17, 15) is 9.59 Å². The molecule has 0 aliphatic carbocycles. The molecule has 2 aromatic rings. The Kier molecular flexibility index (Phi) is 3.01. The van der Waals surface area contributed by atoms with E-state index in [-0.39, 0.29) is 18.5 Å². The fraction of sp³-hybridized carbons (Fsp3) is 0.267. The van der Waals surface area contributed by atoms with Crippen LogP contribution in [0.3, 0.4) is 0 Å². The Morgan fingerprint density at radius 1 is 1.19 bits per heavy atom. The summed E-state index contributed by atoms with van der Waals surface area (Å²) in [5.74, 6) is -0.250. The van der Waals surface area contributed by atoms with Crippen LogP contribution in [0.1, 0.15) is 18.2 Å². The highest BCUT2D eigenvalue weighted by atomic mass is 16.2. The third-order valence-electron chi connectivity index (χ3n) is 3.87. The molecule has 1 fully saturated rings. The van der Waals surface area contributed by atoms with Crippen molar-refractivity contribution in [2.75, 3.05) is 0 Å². The Morgan fingerprint density at radius 2 is 1.90 bits per heavy atom. The van der Waals surface area contributed by atoms with Crippen molar-refractivity contribution in [1.29, 1.82) is 0 Å². The zero-order valence-corrected chi connectivity index (χ0v) is 11.9. The van der Waals surface area contributed by atoms with Gasteiger partial charge in [-0.2, -0.15) is 5.10 Å². The molecule has 0 bridgehead atoms. The number of nitrogens with zero attached hydrogens (tertiary/aromatic N) is 3. The van der Waals surface area contributed by atoms with Crippen LogP contribution in [0.25, 0.3) is 0 Å². The summed E-state index contributed by atoms with van der Waals surface area (Å²) in [4.78, 5) is 26.1. The molecule has 3 amide bonds. The smallest absolute Gasteiger partial charge is 0.319 e. The Balaban J connectivity index is 1.91.